The Morgan fingerprint density at radius 2 is 1.80 bits per heavy atom. The van der Waals surface area contributed by atoms with Crippen molar-refractivity contribution in [1.82, 2.24) is 0 Å². The van der Waals surface area contributed by atoms with Crippen LogP contribution in [0.25, 0.3) is 0 Å². The number of nitrogens with two attached hydrogens (primary N) is 1. The normalized spacial score (nSPS) is 11.5. The van der Waals surface area contributed by atoms with Gasteiger partial charge < -0.3 is 5.73 Å². The van der Waals surface area contributed by atoms with Gasteiger partial charge in [0.2, 0.25) is 0 Å². The van der Waals surface area contributed by atoms with Crippen LogP contribution in [0.2, 0.25) is 0 Å². The van der Waals surface area contributed by atoms with E-state index in [4.69, 9.17) is 5.73 Å². The van der Waals surface area contributed by atoms with Crippen LogP contribution in [-0.2, 0) is 21.3 Å². The third-order valence-electron chi connectivity index (χ3n) is 3.00. The summed E-state index contributed by atoms with van der Waals surface area (Å²) in [6.45, 7) is 1.87. The predicted molar refractivity (Wildman–Crippen MR) is 78.3 cm³/mol. The van der Waals surface area contributed by atoms with Crippen LogP contribution in [0.15, 0.2) is 42.5 Å². The Kier molecular flexibility index (Phi) is 4.09. The van der Waals surface area contributed by atoms with Gasteiger partial charge in [0, 0.05) is 5.69 Å². The molecule has 0 saturated carbocycles. The number of halogens is 1. The van der Waals surface area contributed by atoms with E-state index in [0.717, 1.165) is 17.2 Å². The Morgan fingerprint density at radius 1 is 1.10 bits per heavy atom. The van der Waals surface area contributed by atoms with Gasteiger partial charge in [-0.15, -0.1) is 0 Å². The highest BCUT2D eigenvalue weighted by atomic mass is 32.2. The smallest absolute Gasteiger partial charge is 0.158 e. The number of benzene rings is 2. The number of hydrogen-bond donors (Lipinski definition) is 1. The molecule has 0 spiro atoms. The lowest BCUT2D eigenvalue weighted by Gasteiger charge is -2.08. The van der Waals surface area contributed by atoms with Gasteiger partial charge >= 0.3 is 0 Å². The van der Waals surface area contributed by atoms with Gasteiger partial charge in [-0.3, -0.25) is 0 Å². The average Bonchev–Trinajstić information content (AvgIpc) is 2.29. The number of hydrogen-bond acceptors (Lipinski definition) is 3. The predicted octanol–water partition coefficient (Wildman–Crippen LogP) is 2.83. The molecule has 3 nitrogen and oxygen atoms in total. The third kappa shape index (κ3) is 3.81. The molecule has 2 aromatic rings. The van der Waals surface area contributed by atoms with Crippen molar-refractivity contribution >= 4 is 15.5 Å². The van der Waals surface area contributed by atoms with Gasteiger partial charge in [-0.05, 0) is 41.8 Å². The molecule has 0 heterocycles. The molecule has 0 aromatic heterocycles. The van der Waals surface area contributed by atoms with Gasteiger partial charge in [-0.1, -0.05) is 24.3 Å². The van der Waals surface area contributed by atoms with Crippen molar-refractivity contribution in [3.63, 3.8) is 0 Å². The van der Waals surface area contributed by atoms with Gasteiger partial charge in [-0.2, -0.15) is 0 Å². The van der Waals surface area contributed by atoms with Crippen LogP contribution >= 0.6 is 0 Å². The van der Waals surface area contributed by atoms with E-state index in [1.165, 1.54) is 12.1 Å². The molecule has 0 bridgehead atoms. The van der Waals surface area contributed by atoms with Crippen molar-refractivity contribution in [2.24, 2.45) is 0 Å². The Labute approximate surface area is 118 Å². The highest BCUT2D eigenvalue weighted by molar-refractivity contribution is 7.89. The molecule has 0 aliphatic heterocycles. The molecule has 0 aliphatic rings. The number of sulfone groups is 1. The lowest BCUT2D eigenvalue weighted by atomic mass is 10.1. The van der Waals surface area contributed by atoms with Crippen LogP contribution in [0, 0.1) is 12.7 Å². The molecular formula is C15H16FNO2S. The summed E-state index contributed by atoms with van der Waals surface area (Å²) in [6.07, 6.45) is 0. The van der Waals surface area contributed by atoms with Crippen molar-refractivity contribution in [3.8, 4) is 0 Å². The quantitative estimate of drug-likeness (QED) is 0.882. The molecule has 0 radical (unpaired) electrons. The molecule has 2 N–H and O–H groups in total. The molecule has 2 rings (SSSR count). The largest absolute Gasteiger partial charge is 0.399 e. The van der Waals surface area contributed by atoms with Crippen LogP contribution < -0.4 is 5.73 Å². The second kappa shape index (κ2) is 5.63. The third-order valence-corrected chi connectivity index (χ3v) is 4.53. The van der Waals surface area contributed by atoms with Gasteiger partial charge in [-0.25, -0.2) is 12.8 Å². The van der Waals surface area contributed by atoms with Crippen molar-refractivity contribution < 1.29 is 12.8 Å². The zero-order valence-electron chi connectivity index (χ0n) is 11.1. The van der Waals surface area contributed by atoms with Gasteiger partial charge in [0.1, 0.15) is 5.82 Å². The highest BCUT2D eigenvalue weighted by Crippen LogP contribution is 2.18. The van der Waals surface area contributed by atoms with E-state index in [1.807, 2.05) is 19.1 Å². The lowest BCUT2D eigenvalue weighted by Crippen LogP contribution is -2.09. The summed E-state index contributed by atoms with van der Waals surface area (Å²) in [6, 6.07) is 11.2. The first-order valence-electron chi connectivity index (χ1n) is 6.15. The summed E-state index contributed by atoms with van der Waals surface area (Å²) in [7, 11) is -3.37. The summed E-state index contributed by atoms with van der Waals surface area (Å²) >= 11 is 0. The zero-order chi connectivity index (χ0) is 14.8. The lowest BCUT2D eigenvalue weighted by molar-refractivity contribution is 0.594. The first kappa shape index (κ1) is 14.5. The molecular weight excluding hydrogens is 277 g/mol. The van der Waals surface area contributed by atoms with Gasteiger partial charge in [0.25, 0.3) is 0 Å². The average molecular weight is 293 g/mol. The summed E-state index contributed by atoms with van der Waals surface area (Å²) in [5, 5.41) is 0. The summed E-state index contributed by atoms with van der Waals surface area (Å²) in [5.41, 5.74) is 7.81. The minimum absolute atomic E-state index is 0.0594. The molecule has 20 heavy (non-hydrogen) atoms. The number of aryl methyl sites for hydroxylation is 1. The van der Waals surface area contributed by atoms with E-state index in [1.54, 1.807) is 12.1 Å². The van der Waals surface area contributed by atoms with Crippen LogP contribution in [-0.4, -0.2) is 8.42 Å². The summed E-state index contributed by atoms with van der Waals surface area (Å²) < 4.78 is 37.6. The van der Waals surface area contributed by atoms with Crippen LogP contribution in [0.4, 0.5) is 10.1 Å². The SMILES string of the molecule is Cc1ccccc1CS(=O)(=O)Cc1cc(N)cc(F)c1. The Hall–Kier alpha value is -1.88. The molecule has 0 amide bonds. The molecule has 0 aliphatic carbocycles. The van der Waals surface area contributed by atoms with E-state index in [0.29, 0.717) is 5.56 Å². The van der Waals surface area contributed by atoms with E-state index in [-0.39, 0.29) is 17.2 Å². The van der Waals surface area contributed by atoms with Crippen molar-refractivity contribution in [2.45, 2.75) is 18.4 Å². The van der Waals surface area contributed by atoms with Crippen molar-refractivity contribution in [3.05, 3.63) is 65.0 Å². The standard InChI is InChI=1S/C15H16FNO2S/c1-11-4-2-3-5-13(11)10-20(18,19)9-12-6-14(16)8-15(17)7-12/h2-8H,9-10,17H2,1H3. The molecule has 0 atom stereocenters. The van der Waals surface area contributed by atoms with Crippen LogP contribution in [0.5, 0.6) is 0 Å². The van der Waals surface area contributed by atoms with Crippen molar-refractivity contribution in [1.29, 1.82) is 0 Å². The van der Waals surface area contributed by atoms with Crippen LogP contribution in [0.1, 0.15) is 16.7 Å². The monoisotopic (exact) mass is 293 g/mol. The molecule has 0 unspecified atom stereocenters. The molecule has 0 saturated heterocycles. The topological polar surface area (TPSA) is 60.2 Å². The molecule has 106 valence electrons. The van der Waals surface area contributed by atoms with E-state index in [2.05, 4.69) is 0 Å². The summed E-state index contributed by atoms with van der Waals surface area (Å²) in [5.74, 6) is -0.801. The zero-order valence-corrected chi connectivity index (χ0v) is 12.0. The number of rotatable bonds is 4. The number of anilines is 1. The maximum atomic E-state index is 13.2. The fourth-order valence-electron chi connectivity index (χ4n) is 2.07. The van der Waals surface area contributed by atoms with Crippen LogP contribution in [0.3, 0.4) is 0 Å². The van der Waals surface area contributed by atoms with Gasteiger partial charge in [0.05, 0.1) is 11.5 Å². The second-order valence-electron chi connectivity index (χ2n) is 4.85. The second-order valence-corrected chi connectivity index (χ2v) is 6.92. The first-order chi connectivity index (χ1) is 9.35. The molecule has 0 fully saturated rings. The highest BCUT2D eigenvalue weighted by Gasteiger charge is 2.15. The van der Waals surface area contributed by atoms with Crippen molar-refractivity contribution in [2.75, 3.05) is 5.73 Å². The first-order valence-corrected chi connectivity index (χ1v) is 7.98. The Morgan fingerprint density at radius 3 is 2.45 bits per heavy atom. The van der Waals surface area contributed by atoms with E-state index >= 15 is 0 Å². The van der Waals surface area contributed by atoms with E-state index < -0.39 is 15.7 Å². The maximum Gasteiger partial charge on any atom is 0.158 e. The Bertz CT molecular complexity index is 706. The Balaban J connectivity index is 2.21. The molecule has 2 aromatic carbocycles. The minimum atomic E-state index is -3.37. The number of nitrogen functional groups attached to an aromatic ring is 1. The molecule has 5 heteroatoms. The fourth-order valence-corrected chi connectivity index (χ4v) is 3.65. The van der Waals surface area contributed by atoms with E-state index in [9.17, 15) is 12.8 Å². The minimum Gasteiger partial charge on any atom is -0.399 e. The maximum absolute atomic E-state index is 13.2. The fraction of sp³-hybridized carbons (Fsp3) is 0.200. The van der Waals surface area contributed by atoms with Gasteiger partial charge in [0.15, 0.2) is 9.84 Å². The summed E-state index contributed by atoms with van der Waals surface area (Å²) in [4.78, 5) is 0.